The Balaban J connectivity index is 3.14. The topological polar surface area (TPSA) is 70.0 Å². The number of benzene rings is 1. The van der Waals surface area contributed by atoms with Gasteiger partial charge in [0.15, 0.2) is 0 Å². The monoisotopic (exact) mass is 205 g/mol. The molecule has 65 valence electrons. The van der Waals surface area contributed by atoms with E-state index in [0.717, 1.165) is 0 Å². The molecule has 0 bridgehead atoms. The molecule has 0 saturated carbocycles. The molecule has 0 amide bonds. The molecule has 0 spiro atoms. The third-order valence-corrected chi connectivity index (χ3v) is 2.67. The highest BCUT2D eigenvalue weighted by molar-refractivity contribution is 7.89. The first-order valence-electron chi connectivity index (χ1n) is 3.00. The quantitative estimate of drug-likeness (QED) is 0.727. The Hall–Kier alpha value is -0.620. The van der Waals surface area contributed by atoms with Gasteiger partial charge in [0.25, 0.3) is 10.0 Å². The van der Waals surface area contributed by atoms with Crippen molar-refractivity contribution in [3.05, 3.63) is 29.3 Å². The summed E-state index contributed by atoms with van der Waals surface area (Å²) in [6, 6.07) is 5.57. The molecule has 0 atom stereocenters. The Morgan fingerprint density at radius 3 is 2.17 bits per heavy atom. The first-order valence-corrected chi connectivity index (χ1v) is 4.86. The summed E-state index contributed by atoms with van der Waals surface area (Å²) in [5.74, 6) is 6.53. The molecule has 0 aliphatic carbocycles. The lowest BCUT2D eigenvalue weighted by molar-refractivity contribution is 0.582. The standard InChI is InChI=1S/C6H6ClN2O2S/c7-5-1-3-6(4-2-5)12(10,11)9-8/h1-4,8-9H. The minimum atomic E-state index is -3.66. The van der Waals surface area contributed by atoms with Crippen LogP contribution in [0.1, 0.15) is 0 Å². The van der Waals surface area contributed by atoms with E-state index in [1.54, 1.807) is 0 Å². The molecule has 6 heteroatoms. The minimum absolute atomic E-state index is 0.0295. The van der Waals surface area contributed by atoms with Gasteiger partial charge in [0.05, 0.1) is 4.90 Å². The van der Waals surface area contributed by atoms with Crippen LogP contribution in [0.5, 0.6) is 0 Å². The molecule has 1 radical (unpaired) electrons. The van der Waals surface area contributed by atoms with Crippen molar-refractivity contribution in [2.45, 2.75) is 4.90 Å². The summed E-state index contributed by atoms with van der Waals surface area (Å²) >= 11 is 5.54. The molecule has 12 heavy (non-hydrogen) atoms. The Bertz CT molecular complexity index is 360. The molecule has 0 aliphatic rings. The van der Waals surface area contributed by atoms with Gasteiger partial charge in [0.1, 0.15) is 0 Å². The predicted octanol–water partition coefficient (Wildman–Crippen LogP) is 0.816. The van der Waals surface area contributed by atoms with Crippen molar-refractivity contribution < 1.29 is 8.42 Å². The van der Waals surface area contributed by atoms with Gasteiger partial charge in [-0.15, -0.1) is 4.83 Å². The largest absolute Gasteiger partial charge is 0.254 e. The molecule has 0 unspecified atom stereocenters. The van der Waals surface area contributed by atoms with Crippen LogP contribution in [0.2, 0.25) is 5.02 Å². The van der Waals surface area contributed by atoms with Crippen molar-refractivity contribution in [2.24, 2.45) is 0 Å². The summed E-state index contributed by atoms with van der Waals surface area (Å²) in [6.07, 6.45) is 0. The van der Waals surface area contributed by atoms with Crippen LogP contribution in [0, 0.1) is 0 Å². The molecule has 0 aliphatic heterocycles. The molecule has 0 heterocycles. The molecular formula is C6H6ClN2O2S. The summed E-state index contributed by atoms with van der Waals surface area (Å²) in [7, 11) is -3.66. The summed E-state index contributed by atoms with van der Waals surface area (Å²) < 4.78 is 21.9. The number of rotatable bonds is 2. The number of sulfonamides is 1. The lowest BCUT2D eigenvalue weighted by Crippen LogP contribution is -2.21. The Labute approximate surface area is 75.4 Å². The summed E-state index contributed by atoms with van der Waals surface area (Å²) in [6.45, 7) is 0. The van der Waals surface area contributed by atoms with E-state index in [9.17, 15) is 8.42 Å². The smallest absolute Gasteiger partial charge is 0.206 e. The van der Waals surface area contributed by atoms with Crippen LogP contribution in [-0.2, 0) is 10.0 Å². The Morgan fingerprint density at radius 2 is 1.75 bits per heavy atom. The summed E-state index contributed by atoms with van der Waals surface area (Å²) in [5, 5.41) is 0.457. The van der Waals surface area contributed by atoms with Crippen molar-refractivity contribution in [1.82, 2.24) is 10.7 Å². The van der Waals surface area contributed by atoms with Crippen LogP contribution in [0.3, 0.4) is 0 Å². The van der Waals surface area contributed by atoms with E-state index in [1.807, 2.05) is 0 Å². The van der Waals surface area contributed by atoms with E-state index in [4.69, 9.17) is 17.4 Å². The van der Waals surface area contributed by atoms with E-state index < -0.39 is 10.0 Å². The molecule has 4 nitrogen and oxygen atoms in total. The highest BCUT2D eigenvalue weighted by Gasteiger charge is 2.10. The zero-order valence-electron chi connectivity index (χ0n) is 5.91. The fraction of sp³-hybridized carbons (Fsp3) is 0. The number of hydrogen-bond donors (Lipinski definition) is 1. The van der Waals surface area contributed by atoms with Gasteiger partial charge in [-0.1, -0.05) is 11.6 Å². The molecule has 2 N–H and O–H groups in total. The maximum absolute atomic E-state index is 11.0. The van der Waals surface area contributed by atoms with Gasteiger partial charge in [-0.3, -0.25) is 0 Å². The predicted molar refractivity (Wildman–Crippen MR) is 44.9 cm³/mol. The van der Waals surface area contributed by atoms with Crippen LogP contribution in [0.25, 0.3) is 0 Å². The lowest BCUT2D eigenvalue weighted by atomic mass is 10.4. The van der Waals surface area contributed by atoms with Gasteiger partial charge in [-0.2, -0.15) is 5.84 Å². The van der Waals surface area contributed by atoms with Crippen LogP contribution in [0.4, 0.5) is 0 Å². The fourth-order valence-electron chi connectivity index (χ4n) is 0.673. The highest BCUT2D eigenvalue weighted by atomic mass is 35.5. The van der Waals surface area contributed by atoms with Gasteiger partial charge < -0.3 is 0 Å². The van der Waals surface area contributed by atoms with Gasteiger partial charge >= 0.3 is 0 Å². The molecule has 1 aromatic carbocycles. The molecule has 1 aromatic rings. The van der Waals surface area contributed by atoms with Crippen molar-refractivity contribution in [1.29, 1.82) is 0 Å². The van der Waals surface area contributed by atoms with Gasteiger partial charge in [-0.05, 0) is 24.3 Å². The number of nitrogens with one attached hydrogen (secondary N) is 2. The van der Waals surface area contributed by atoms with Gasteiger partial charge in [-0.25, -0.2) is 8.42 Å². The van der Waals surface area contributed by atoms with E-state index in [-0.39, 0.29) is 4.90 Å². The highest BCUT2D eigenvalue weighted by Crippen LogP contribution is 2.12. The summed E-state index contributed by atoms with van der Waals surface area (Å²) in [5.41, 5.74) is 0. The van der Waals surface area contributed by atoms with Crippen LogP contribution in [-0.4, -0.2) is 8.42 Å². The Morgan fingerprint density at radius 1 is 1.25 bits per heavy atom. The van der Waals surface area contributed by atoms with Crippen molar-refractivity contribution in [2.75, 3.05) is 0 Å². The normalized spacial score (nSPS) is 11.5. The first kappa shape index (κ1) is 9.47. The van der Waals surface area contributed by atoms with E-state index in [2.05, 4.69) is 0 Å². The van der Waals surface area contributed by atoms with Crippen LogP contribution < -0.4 is 10.7 Å². The van der Waals surface area contributed by atoms with Crippen LogP contribution >= 0.6 is 11.6 Å². The molecule has 0 fully saturated rings. The number of halogens is 1. The fourth-order valence-corrected chi connectivity index (χ4v) is 1.41. The molecule has 0 aromatic heterocycles. The van der Waals surface area contributed by atoms with E-state index >= 15 is 0 Å². The van der Waals surface area contributed by atoms with Gasteiger partial charge in [0.2, 0.25) is 0 Å². The first-order chi connectivity index (χ1) is 5.56. The van der Waals surface area contributed by atoms with Crippen molar-refractivity contribution >= 4 is 21.6 Å². The van der Waals surface area contributed by atoms with E-state index in [1.165, 1.54) is 29.1 Å². The second-order valence-corrected chi connectivity index (χ2v) is 4.18. The second kappa shape index (κ2) is 3.40. The zero-order chi connectivity index (χ0) is 9.19. The number of hydrogen-bond acceptors (Lipinski definition) is 2. The average Bonchev–Trinajstić information content (AvgIpc) is 2.05. The van der Waals surface area contributed by atoms with Crippen molar-refractivity contribution in [3.63, 3.8) is 0 Å². The molecular weight excluding hydrogens is 200 g/mol. The molecule has 1 rings (SSSR count). The zero-order valence-corrected chi connectivity index (χ0v) is 7.48. The second-order valence-electron chi connectivity index (χ2n) is 2.06. The van der Waals surface area contributed by atoms with Crippen LogP contribution in [0.15, 0.2) is 29.2 Å². The Kier molecular flexibility index (Phi) is 2.69. The van der Waals surface area contributed by atoms with Gasteiger partial charge in [0, 0.05) is 5.02 Å². The lowest BCUT2D eigenvalue weighted by Gasteiger charge is -1.99. The maximum Gasteiger partial charge on any atom is 0.254 e. The average molecular weight is 206 g/mol. The summed E-state index contributed by atoms with van der Waals surface area (Å²) in [4.78, 5) is 1.49. The minimum Gasteiger partial charge on any atom is -0.206 e. The molecule has 0 saturated heterocycles. The maximum atomic E-state index is 11.0. The SMILES string of the molecule is [NH]NS(=O)(=O)c1ccc(Cl)cc1. The van der Waals surface area contributed by atoms with E-state index in [0.29, 0.717) is 5.02 Å². The third kappa shape index (κ3) is 1.95. The third-order valence-electron chi connectivity index (χ3n) is 1.26. The van der Waals surface area contributed by atoms with Crippen molar-refractivity contribution in [3.8, 4) is 0 Å².